The SMILES string of the molecule is COC(=O)c1nc(-c2ccc(Cl)cc2Br)sc1C. The normalized spacial score (nSPS) is 10.4. The van der Waals surface area contributed by atoms with Crippen LogP contribution in [0, 0.1) is 6.92 Å². The number of hydrogen-bond donors (Lipinski definition) is 0. The molecule has 0 unspecified atom stereocenters. The van der Waals surface area contributed by atoms with Gasteiger partial charge in [0.15, 0.2) is 5.69 Å². The zero-order valence-electron chi connectivity index (χ0n) is 9.66. The van der Waals surface area contributed by atoms with Crippen LogP contribution in [0.4, 0.5) is 0 Å². The third kappa shape index (κ3) is 2.58. The molecule has 0 N–H and O–H groups in total. The minimum atomic E-state index is -0.417. The van der Waals surface area contributed by atoms with Crippen molar-refractivity contribution in [2.75, 3.05) is 7.11 Å². The van der Waals surface area contributed by atoms with Crippen molar-refractivity contribution < 1.29 is 9.53 Å². The van der Waals surface area contributed by atoms with Gasteiger partial charge in [-0.15, -0.1) is 11.3 Å². The maximum Gasteiger partial charge on any atom is 0.357 e. The molecule has 2 aromatic rings. The topological polar surface area (TPSA) is 39.2 Å². The standard InChI is InChI=1S/C12H9BrClNO2S/c1-6-10(12(16)17-2)15-11(18-6)8-4-3-7(14)5-9(8)13/h3-5H,1-2H3. The van der Waals surface area contributed by atoms with Gasteiger partial charge >= 0.3 is 5.97 Å². The van der Waals surface area contributed by atoms with Crippen molar-refractivity contribution in [2.45, 2.75) is 6.92 Å². The molecule has 0 bridgehead atoms. The van der Waals surface area contributed by atoms with Gasteiger partial charge in [-0.1, -0.05) is 27.5 Å². The lowest BCUT2D eigenvalue weighted by atomic mass is 10.2. The maximum atomic E-state index is 11.5. The van der Waals surface area contributed by atoms with E-state index in [4.69, 9.17) is 11.6 Å². The van der Waals surface area contributed by atoms with E-state index in [1.54, 1.807) is 12.1 Å². The minimum Gasteiger partial charge on any atom is -0.464 e. The molecule has 0 saturated heterocycles. The van der Waals surface area contributed by atoms with Crippen LogP contribution in [-0.2, 0) is 4.74 Å². The lowest BCUT2D eigenvalue weighted by Gasteiger charge is -2.00. The van der Waals surface area contributed by atoms with Gasteiger partial charge in [-0.2, -0.15) is 0 Å². The molecule has 0 saturated carbocycles. The molecule has 6 heteroatoms. The summed E-state index contributed by atoms with van der Waals surface area (Å²) in [6.07, 6.45) is 0. The fraction of sp³-hybridized carbons (Fsp3) is 0.167. The number of aromatic nitrogens is 1. The van der Waals surface area contributed by atoms with E-state index in [1.165, 1.54) is 18.4 Å². The van der Waals surface area contributed by atoms with E-state index in [0.29, 0.717) is 10.7 Å². The Labute approximate surface area is 122 Å². The number of halogens is 2. The Morgan fingerprint density at radius 2 is 2.22 bits per heavy atom. The summed E-state index contributed by atoms with van der Waals surface area (Å²) in [6.45, 7) is 1.84. The highest BCUT2D eigenvalue weighted by atomic mass is 79.9. The smallest absolute Gasteiger partial charge is 0.357 e. The van der Waals surface area contributed by atoms with Crippen LogP contribution < -0.4 is 0 Å². The van der Waals surface area contributed by atoms with Gasteiger partial charge < -0.3 is 4.74 Å². The quantitative estimate of drug-likeness (QED) is 0.760. The highest BCUT2D eigenvalue weighted by Crippen LogP contribution is 2.34. The molecule has 0 radical (unpaired) electrons. The third-order valence-electron chi connectivity index (χ3n) is 2.34. The first-order valence-electron chi connectivity index (χ1n) is 5.04. The van der Waals surface area contributed by atoms with Crippen molar-refractivity contribution in [3.05, 3.63) is 38.3 Å². The summed E-state index contributed by atoms with van der Waals surface area (Å²) in [5, 5.41) is 1.41. The molecule has 1 aromatic carbocycles. The van der Waals surface area contributed by atoms with Gasteiger partial charge in [0.25, 0.3) is 0 Å². The van der Waals surface area contributed by atoms with E-state index in [9.17, 15) is 4.79 Å². The van der Waals surface area contributed by atoms with Crippen LogP contribution >= 0.6 is 38.9 Å². The van der Waals surface area contributed by atoms with E-state index < -0.39 is 5.97 Å². The maximum absolute atomic E-state index is 11.5. The molecule has 0 aliphatic heterocycles. The summed E-state index contributed by atoms with van der Waals surface area (Å²) in [4.78, 5) is 16.7. The molecule has 0 spiro atoms. The summed E-state index contributed by atoms with van der Waals surface area (Å²) in [5.74, 6) is -0.417. The van der Waals surface area contributed by atoms with Crippen LogP contribution in [0.1, 0.15) is 15.4 Å². The molecule has 18 heavy (non-hydrogen) atoms. The number of rotatable bonds is 2. The number of aryl methyl sites for hydroxylation is 1. The van der Waals surface area contributed by atoms with Crippen LogP contribution in [-0.4, -0.2) is 18.1 Å². The van der Waals surface area contributed by atoms with Crippen molar-refractivity contribution in [3.63, 3.8) is 0 Å². The van der Waals surface area contributed by atoms with Gasteiger partial charge in [0.05, 0.1) is 7.11 Å². The fourth-order valence-corrected chi connectivity index (χ4v) is 3.40. The first-order valence-corrected chi connectivity index (χ1v) is 7.03. The Morgan fingerprint density at radius 3 is 2.83 bits per heavy atom. The van der Waals surface area contributed by atoms with E-state index in [-0.39, 0.29) is 0 Å². The average Bonchev–Trinajstić information content (AvgIpc) is 2.70. The molecule has 0 amide bonds. The van der Waals surface area contributed by atoms with Crippen molar-refractivity contribution in [1.29, 1.82) is 0 Å². The van der Waals surface area contributed by atoms with Crippen LogP contribution in [0.15, 0.2) is 22.7 Å². The van der Waals surface area contributed by atoms with Gasteiger partial charge in [-0.25, -0.2) is 9.78 Å². The summed E-state index contributed by atoms with van der Waals surface area (Å²) in [7, 11) is 1.35. The zero-order chi connectivity index (χ0) is 13.3. The Hall–Kier alpha value is -0.910. The molecule has 94 valence electrons. The monoisotopic (exact) mass is 345 g/mol. The second kappa shape index (κ2) is 5.38. The molecule has 3 nitrogen and oxygen atoms in total. The summed E-state index contributed by atoms with van der Waals surface area (Å²) in [5.41, 5.74) is 1.27. The van der Waals surface area contributed by atoms with Gasteiger partial charge in [0.2, 0.25) is 0 Å². The molecule has 1 heterocycles. The number of esters is 1. The molecule has 1 aromatic heterocycles. The predicted octanol–water partition coefficient (Wildman–Crippen LogP) is 4.32. The molecular weight excluding hydrogens is 338 g/mol. The molecule has 0 atom stereocenters. The first-order chi connectivity index (χ1) is 8.52. The van der Waals surface area contributed by atoms with E-state index in [2.05, 4.69) is 25.7 Å². The van der Waals surface area contributed by atoms with E-state index >= 15 is 0 Å². The number of benzene rings is 1. The number of carbonyl (C=O) groups excluding carboxylic acids is 1. The Kier molecular flexibility index (Phi) is 4.04. The number of thiazole rings is 1. The van der Waals surface area contributed by atoms with Crippen molar-refractivity contribution in [2.24, 2.45) is 0 Å². The lowest BCUT2D eigenvalue weighted by Crippen LogP contribution is -2.03. The Balaban J connectivity index is 2.49. The predicted molar refractivity (Wildman–Crippen MR) is 76.3 cm³/mol. The average molecular weight is 347 g/mol. The minimum absolute atomic E-state index is 0.361. The number of ether oxygens (including phenoxy) is 1. The van der Waals surface area contributed by atoms with E-state index in [1.807, 2.05) is 13.0 Å². The summed E-state index contributed by atoms with van der Waals surface area (Å²) < 4.78 is 5.54. The highest BCUT2D eigenvalue weighted by molar-refractivity contribution is 9.10. The van der Waals surface area contributed by atoms with Gasteiger partial charge in [-0.3, -0.25) is 0 Å². The largest absolute Gasteiger partial charge is 0.464 e. The van der Waals surface area contributed by atoms with Crippen LogP contribution in [0.3, 0.4) is 0 Å². The van der Waals surface area contributed by atoms with Gasteiger partial charge in [0.1, 0.15) is 5.01 Å². The van der Waals surface area contributed by atoms with Crippen LogP contribution in [0.2, 0.25) is 5.02 Å². The fourth-order valence-electron chi connectivity index (χ4n) is 1.46. The van der Waals surface area contributed by atoms with E-state index in [0.717, 1.165) is 19.9 Å². The van der Waals surface area contributed by atoms with Crippen molar-refractivity contribution in [3.8, 4) is 10.6 Å². The number of carbonyl (C=O) groups is 1. The molecule has 0 aliphatic carbocycles. The summed E-state index contributed by atoms with van der Waals surface area (Å²) in [6, 6.07) is 5.45. The number of hydrogen-bond acceptors (Lipinski definition) is 4. The van der Waals surface area contributed by atoms with Crippen LogP contribution in [0.5, 0.6) is 0 Å². The highest BCUT2D eigenvalue weighted by Gasteiger charge is 2.17. The second-order valence-electron chi connectivity index (χ2n) is 3.54. The molecular formula is C12H9BrClNO2S. The Morgan fingerprint density at radius 1 is 1.50 bits per heavy atom. The van der Waals surface area contributed by atoms with Gasteiger partial charge in [-0.05, 0) is 25.1 Å². The number of nitrogens with zero attached hydrogens (tertiary/aromatic N) is 1. The summed E-state index contributed by atoms with van der Waals surface area (Å²) >= 11 is 10.8. The van der Waals surface area contributed by atoms with Gasteiger partial charge in [0, 0.05) is 19.9 Å². The van der Waals surface area contributed by atoms with Crippen LogP contribution in [0.25, 0.3) is 10.6 Å². The zero-order valence-corrected chi connectivity index (χ0v) is 12.8. The lowest BCUT2D eigenvalue weighted by molar-refractivity contribution is 0.0594. The third-order valence-corrected chi connectivity index (χ3v) is 4.23. The van der Waals surface area contributed by atoms with Crippen molar-refractivity contribution in [1.82, 2.24) is 4.98 Å². The molecule has 0 fully saturated rings. The molecule has 2 rings (SSSR count). The second-order valence-corrected chi connectivity index (χ2v) is 6.03. The Bertz CT molecular complexity index is 612. The molecule has 0 aliphatic rings. The van der Waals surface area contributed by atoms with Crippen molar-refractivity contribution >= 4 is 44.8 Å². The first kappa shape index (κ1) is 13.5. The number of methoxy groups -OCH3 is 1.